The molecule has 0 spiro atoms. The Morgan fingerprint density at radius 3 is 2.57 bits per heavy atom. The first kappa shape index (κ1) is 16.7. The Bertz CT molecular complexity index is 653. The first-order valence-corrected chi connectivity index (χ1v) is 7.38. The van der Waals surface area contributed by atoms with Crippen LogP contribution in [0.4, 0.5) is 0 Å². The number of rotatable bonds is 8. The Kier molecular flexibility index (Phi) is 5.86. The molecule has 0 saturated carbocycles. The summed E-state index contributed by atoms with van der Waals surface area (Å²) in [6.45, 7) is 2.41. The van der Waals surface area contributed by atoms with Crippen molar-refractivity contribution in [3.8, 4) is 17.2 Å². The highest BCUT2D eigenvalue weighted by molar-refractivity contribution is 5.73. The predicted molar refractivity (Wildman–Crippen MR) is 86.4 cm³/mol. The van der Waals surface area contributed by atoms with Crippen molar-refractivity contribution in [1.29, 1.82) is 0 Å². The van der Waals surface area contributed by atoms with E-state index in [1.165, 1.54) is 0 Å². The van der Waals surface area contributed by atoms with E-state index in [0.29, 0.717) is 23.9 Å². The molecule has 2 aromatic rings. The summed E-state index contributed by atoms with van der Waals surface area (Å²) in [5, 5.41) is 9.45. The molecule has 0 aromatic heterocycles. The average molecular weight is 316 g/mol. The summed E-state index contributed by atoms with van der Waals surface area (Å²) in [6.07, 6.45) is -0.799. The van der Waals surface area contributed by atoms with Gasteiger partial charge in [-0.2, -0.15) is 0 Å². The number of methoxy groups -OCH3 is 1. The highest BCUT2D eigenvalue weighted by Crippen LogP contribution is 2.24. The van der Waals surface area contributed by atoms with Gasteiger partial charge in [-0.25, -0.2) is 4.79 Å². The molecule has 23 heavy (non-hydrogen) atoms. The molecule has 1 atom stereocenters. The van der Waals surface area contributed by atoms with Gasteiger partial charge in [0.2, 0.25) is 0 Å². The summed E-state index contributed by atoms with van der Waals surface area (Å²) in [7, 11) is 1.55. The highest BCUT2D eigenvalue weighted by atomic mass is 16.5. The zero-order chi connectivity index (χ0) is 16.7. The molecule has 5 nitrogen and oxygen atoms in total. The molecule has 0 unspecified atom stereocenters. The monoisotopic (exact) mass is 316 g/mol. The predicted octanol–water partition coefficient (Wildman–Crippen LogP) is 3.17. The third-order valence-electron chi connectivity index (χ3n) is 3.27. The van der Waals surface area contributed by atoms with Gasteiger partial charge in [0.15, 0.2) is 6.10 Å². The van der Waals surface area contributed by atoms with Crippen LogP contribution in [0.25, 0.3) is 0 Å². The summed E-state index contributed by atoms with van der Waals surface area (Å²) < 4.78 is 16.3. The van der Waals surface area contributed by atoms with Gasteiger partial charge in [-0.1, -0.05) is 24.3 Å². The first-order valence-electron chi connectivity index (χ1n) is 7.38. The van der Waals surface area contributed by atoms with Crippen molar-refractivity contribution in [2.24, 2.45) is 0 Å². The van der Waals surface area contributed by atoms with Crippen LogP contribution < -0.4 is 14.2 Å². The second-order valence-corrected chi connectivity index (χ2v) is 4.87. The summed E-state index contributed by atoms with van der Waals surface area (Å²) in [5.41, 5.74) is 0.796. The lowest BCUT2D eigenvalue weighted by Crippen LogP contribution is -2.29. The molecular weight excluding hydrogens is 296 g/mol. The van der Waals surface area contributed by atoms with Gasteiger partial charge in [-0.15, -0.1) is 0 Å². The van der Waals surface area contributed by atoms with E-state index in [4.69, 9.17) is 14.2 Å². The molecule has 0 aliphatic heterocycles. The van der Waals surface area contributed by atoms with Crippen LogP contribution >= 0.6 is 0 Å². The number of carboxylic acid groups (broad SMARTS) is 1. The van der Waals surface area contributed by atoms with Crippen LogP contribution in [0.3, 0.4) is 0 Å². The van der Waals surface area contributed by atoms with Crippen LogP contribution in [0.1, 0.15) is 12.5 Å². The van der Waals surface area contributed by atoms with E-state index in [2.05, 4.69) is 0 Å². The van der Waals surface area contributed by atoms with E-state index in [-0.39, 0.29) is 6.42 Å². The minimum Gasteiger partial charge on any atom is -0.497 e. The summed E-state index contributed by atoms with van der Waals surface area (Å²) >= 11 is 0. The van der Waals surface area contributed by atoms with Crippen molar-refractivity contribution in [3.05, 3.63) is 54.1 Å². The number of aliphatic carboxylic acids is 1. The van der Waals surface area contributed by atoms with Gasteiger partial charge in [0.25, 0.3) is 0 Å². The topological polar surface area (TPSA) is 65.0 Å². The van der Waals surface area contributed by atoms with Crippen molar-refractivity contribution in [2.75, 3.05) is 13.7 Å². The fourth-order valence-electron chi connectivity index (χ4n) is 2.19. The molecule has 2 rings (SSSR count). The molecule has 122 valence electrons. The van der Waals surface area contributed by atoms with Gasteiger partial charge in [0, 0.05) is 12.5 Å². The minimum absolute atomic E-state index is 0.211. The highest BCUT2D eigenvalue weighted by Gasteiger charge is 2.22. The number of hydrogen-bond acceptors (Lipinski definition) is 4. The molecule has 0 aliphatic rings. The molecular formula is C18H20O5. The van der Waals surface area contributed by atoms with E-state index in [1.807, 2.05) is 31.2 Å². The fraction of sp³-hybridized carbons (Fsp3) is 0.278. The van der Waals surface area contributed by atoms with Gasteiger partial charge < -0.3 is 19.3 Å². The van der Waals surface area contributed by atoms with Crippen molar-refractivity contribution >= 4 is 5.97 Å². The Labute approximate surface area is 135 Å². The van der Waals surface area contributed by atoms with Crippen molar-refractivity contribution < 1.29 is 24.1 Å². The lowest BCUT2D eigenvalue weighted by atomic mass is 10.1. The average Bonchev–Trinajstić information content (AvgIpc) is 2.56. The van der Waals surface area contributed by atoms with E-state index in [0.717, 1.165) is 5.56 Å². The molecule has 0 amide bonds. The molecule has 0 saturated heterocycles. The quantitative estimate of drug-likeness (QED) is 0.810. The second-order valence-electron chi connectivity index (χ2n) is 4.87. The van der Waals surface area contributed by atoms with Gasteiger partial charge >= 0.3 is 5.97 Å². The van der Waals surface area contributed by atoms with E-state index in [9.17, 15) is 9.90 Å². The number of ether oxygens (including phenoxy) is 3. The third kappa shape index (κ3) is 4.64. The number of para-hydroxylation sites is 1. The standard InChI is InChI=1S/C18H20O5/c1-3-22-16-10-5-4-7-13(16)11-17(18(19)20)23-15-9-6-8-14(12-15)21-2/h4-10,12,17H,3,11H2,1-2H3,(H,19,20)/t17-/m0/s1. The van der Waals surface area contributed by atoms with Crippen LogP contribution in [0, 0.1) is 0 Å². The molecule has 1 N–H and O–H groups in total. The lowest BCUT2D eigenvalue weighted by molar-refractivity contribution is -0.145. The lowest BCUT2D eigenvalue weighted by Gasteiger charge is -2.17. The Morgan fingerprint density at radius 2 is 1.87 bits per heavy atom. The molecule has 2 aromatic carbocycles. The maximum Gasteiger partial charge on any atom is 0.345 e. The van der Waals surface area contributed by atoms with Gasteiger partial charge in [-0.05, 0) is 30.7 Å². The van der Waals surface area contributed by atoms with E-state index in [1.54, 1.807) is 31.4 Å². The fourth-order valence-corrected chi connectivity index (χ4v) is 2.19. The van der Waals surface area contributed by atoms with Gasteiger partial charge in [0.05, 0.1) is 13.7 Å². The largest absolute Gasteiger partial charge is 0.497 e. The zero-order valence-electron chi connectivity index (χ0n) is 13.2. The van der Waals surface area contributed by atoms with E-state index >= 15 is 0 Å². The van der Waals surface area contributed by atoms with Crippen LogP contribution in [0.2, 0.25) is 0 Å². The summed E-state index contributed by atoms with van der Waals surface area (Å²) in [5.74, 6) is 0.710. The number of carboxylic acids is 1. The molecule has 0 heterocycles. The van der Waals surface area contributed by atoms with Gasteiger partial charge in [-0.3, -0.25) is 0 Å². The van der Waals surface area contributed by atoms with Crippen molar-refractivity contribution in [2.45, 2.75) is 19.4 Å². The zero-order valence-corrected chi connectivity index (χ0v) is 13.2. The van der Waals surface area contributed by atoms with Crippen LogP contribution in [0.15, 0.2) is 48.5 Å². The molecule has 5 heteroatoms. The Balaban J connectivity index is 2.17. The van der Waals surface area contributed by atoms with Crippen molar-refractivity contribution in [1.82, 2.24) is 0 Å². The van der Waals surface area contributed by atoms with Crippen LogP contribution in [-0.4, -0.2) is 30.9 Å². The maximum absolute atomic E-state index is 11.5. The SMILES string of the molecule is CCOc1ccccc1C[C@H](Oc1cccc(OC)c1)C(=O)O. The second kappa shape index (κ2) is 8.08. The molecule has 0 fully saturated rings. The molecule has 0 aliphatic carbocycles. The molecule has 0 bridgehead atoms. The Hall–Kier alpha value is -2.69. The summed E-state index contributed by atoms with van der Waals surface area (Å²) in [4.78, 5) is 11.5. The smallest absolute Gasteiger partial charge is 0.345 e. The minimum atomic E-state index is -1.03. The first-order chi connectivity index (χ1) is 11.1. The Morgan fingerprint density at radius 1 is 1.13 bits per heavy atom. The van der Waals surface area contributed by atoms with Crippen LogP contribution in [-0.2, 0) is 11.2 Å². The molecule has 0 radical (unpaired) electrons. The normalized spacial score (nSPS) is 11.6. The number of benzene rings is 2. The number of hydrogen-bond donors (Lipinski definition) is 1. The maximum atomic E-state index is 11.5. The van der Waals surface area contributed by atoms with Crippen molar-refractivity contribution in [3.63, 3.8) is 0 Å². The van der Waals surface area contributed by atoms with Gasteiger partial charge in [0.1, 0.15) is 17.2 Å². The van der Waals surface area contributed by atoms with Crippen LogP contribution in [0.5, 0.6) is 17.2 Å². The third-order valence-corrected chi connectivity index (χ3v) is 3.27. The van der Waals surface area contributed by atoms with E-state index < -0.39 is 12.1 Å². The summed E-state index contributed by atoms with van der Waals surface area (Å²) in [6, 6.07) is 14.3. The number of carbonyl (C=O) groups is 1.